The Bertz CT molecular complexity index is 637. The molecule has 108 valence electrons. The van der Waals surface area contributed by atoms with Crippen LogP contribution in [-0.4, -0.2) is 22.1 Å². The lowest BCUT2D eigenvalue weighted by Crippen LogP contribution is -2.21. The third kappa shape index (κ3) is 2.63. The Labute approximate surface area is 127 Å². The molecular formula is C14H16Cl2N2O2. The monoisotopic (exact) mass is 314 g/mol. The molecule has 1 heterocycles. The number of esters is 1. The fourth-order valence-electron chi connectivity index (χ4n) is 2.16. The predicted molar refractivity (Wildman–Crippen MR) is 80.4 cm³/mol. The largest absolute Gasteiger partial charge is 0.464 e. The topological polar surface area (TPSA) is 44.1 Å². The van der Waals surface area contributed by atoms with Gasteiger partial charge in [-0.05, 0) is 32.9 Å². The Morgan fingerprint density at radius 2 is 2.15 bits per heavy atom. The summed E-state index contributed by atoms with van der Waals surface area (Å²) in [6.07, 6.45) is 0. The van der Waals surface area contributed by atoms with Crippen molar-refractivity contribution in [3.05, 3.63) is 29.0 Å². The first-order valence-electron chi connectivity index (χ1n) is 6.44. The summed E-state index contributed by atoms with van der Waals surface area (Å²) in [6.45, 7) is 5.69. The van der Waals surface area contributed by atoms with Crippen molar-refractivity contribution in [3.63, 3.8) is 0 Å². The number of para-hydroxylation sites is 1. The van der Waals surface area contributed by atoms with Crippen LogP contribution in [0.15, 0.2) is 18.2 Å². The second-order valence-corrected chi connectivity index (χ2v) is 5.55. The molecular weight excluding hydrogens is 299 g/mol. The molecule has 0 radical (unpaired) electrons. The predicted octanol–water partition coefficient (Wildman–Crippen LogP) is 4.11. The number of imidazole rings is 1. The summed E-state index contributed by atoms with van der Waals surface area (Å²) in [4.78, 5) is 16.5. The summed E-state index contributed by atoms with van der Waals surface area (Å²) in [7, 11) is 0. The Morgan fingerprint density at radius 1 is 1.45 bits per heavy atom. The van der Waals surface area contributed by atoms with E-state index in [1.807, 2.05) is 19.1 Å². The molecule has 0 spiro atoms. The van der Waals surface area contributed by atoms with E-state index in [4.69, 9.17) is 27.9 Å². The van der Waals surface area contributed by atoms with Crippen molar-refractivity contribution in [2.45, 2.75) is 32.2 Å². The molecule has 0 saturated heterocycles. The molecule has 1 aromatic heterocycles. The van der Waals surface area contributed by atoms with Gasteiger partial charge in [-0.1, -0.05) is 17.7 Å². The number of aromatic nitrogens is 2. The maximum absolute atomic E-state index is 12.0. The van der Waals surface area contributed by atoms with E-state index in [2.05, 4.69) is 4.98 Å². The number of halogens is 2. The van der Waals surface area contributed by atoms with Crippen LogP contribution in [0.2, 0.25) is 5.02 Å². The first kappa shape index (κ1) is 15.1. The first-order chi connectivity index (χ1) is 9.47. The fourth-order valence-corrected chi connectivity index (χ4v) is 2.52. The van der Waals surface area contributed by atoms with Gasteiger partial charge in [-0.2, -0.15) is 0 Å². The Balaban J connectivity index is 2.63. The van der Waals surface area contributed by atoms with Gasteiger partial charge >= 0.3 is 5.97 Å². The van der Waals surface area contributed by atoms with E-state index in [1.54, 1.807) is 24.5 Å². The van der Waals surface area contributed by atoms with Crippen molar-refractivity contribution in [3.8, 4) is 0 Å². The Hall–Kier alpha value is -1.26. The van der Waals surface area contributed by atoms with E-state index in [0.29, 0.717) is 23.0 Å². The number of ether oxygens (including phenoxy) is 1. The van der Waals surface area contributed by atoms with Gasteiger partial charge in [0.05, 0.1) is 22.5 Å². The zero-order valence-corrected chi connectivity index (χ0v) is 13.1. The minimum Gasteiger partial charge on any atom is -0.464 e. The number of fused-ring (bicyclic) bond motifs is 1. The maximum atomic E-state index is 12.0. The third-order valence-corrected chi connectivity index (χ3v) is 3.57. The number of carbonyl (C=O) groups is 1. The number of alkyl halides is 1. The summed E-state index contributed by atoms with van der Waals surface area (Å²) < 4.78 is 6.87. The molecule has 4 nitrogen and oxygen atoms in total. The molecule has 20 heavy (non-hydrogen) atoms. The molecule has 2 atom stereocenters. The summed E-state index contributed by atoms with van der Waals surface area (Å²) in [6, 6.07) is 4.95. The summed E-state index contributed by atoms with van der Waals surface area (Å²) >= 11 is 12.3. The number of hydrogen-bond acceptors (Lipinski definition) is 3. The van der Waals surface area contributed by atoms with Crippen LogP contribution < -0.4 is 0 Å². The molecule has 0 aliphatic rings. The van der Waals surface area contributed by atoms with Crippen molar-refractivity contribution in [1.82, 2.24) is 9.55 Å². The average Bonchev–Trinajstić information content (AvgIpc) is 2.79. The van der Waals surface area contributed by atoms with E-state index in [9.17, 15) is 4.79 Å². The SMILES string of the molecule is CCOC(=O)C(C)n1c(C(C)Cl)nc2c(Cl)cccc21. The molecule has 0 saturated carbocycles. The lowest BCUT2D eigenvalue weighted by Gasteiger charge is -2.17. The van der Waals surface area contributed by atoms with Crippen molar-refractivity contribution in [2.75, 3.05) is 6.61 Å². The highest BCUT2D eigenvalue weighted by Crippen LogP contribution is 2.31. The molecule has 2 aromatic rings. The van der Waals surface area contributed by atoms with Gasteiger partial charge < -0.3 is 9.30 Å². The van der Waals surface area contributed by atoms with Gasteiger partial charge in [0.2, 0.25) is 0 Å². The van der Waals surface area contributed by atoms with Gasteiger partial charge in [0.1, 0.15) is 17.4 Å². The van der Waals surface area contributed by atoms with E-state index >= 15 is 0 Å². The second kappa shape index (κ2) is 6.02. The molecule has 0 fully saturated rings. The molecule has 0 aliphatic carbocycles. The molecule has 0 N–H and O–H groups in total. The molecule has 0 amide bonds. The zero-order chi connectivity index (χ0) is 14.9. The standard InChI is InChI=1S/C14H16Cl2N2O2/c1-4-20-14(19)9(3)18-11-7-5-6-10(16)12(11)17-13(18)8(2)15/h5-9H,4H2,1-3H3. The van der Waals surface area contributed by atoms with Crippen molar-refractivity contribution in [1.29, 1.82) is 0 Å². The first-order valence-corrected chi connectivity index (χ1v) is 7.25. The summed E-state index contributed by atoms with van der Waals surface area (Å²) in [5.41, 5.74) is 1.42. The van der Waals surface area contributed by atoms with E-state index in [0.717, 1.165) is 5.52 Å². The second-order valence-electron chi connectivity index (χ2n) is 4.49. The lowest BCUT2D eigenvalue weighted by atomic mass is 10.2. The molecule has 0 aliphatic heterocycles. The normalized spacial score (nSPS) is 14.2. The minimum absolute atomic E-state index is 0.314. The molecule has 2 rings (SSSR count). The van der Waals surface area contributed by atoms with Crippen molar-refractivity contribution >= 4 is 40.2 Å². The highest BCUT2D eigenvalue weighted by molar-refractivity contribution is 6.35. The highest BCUT2D eigenvalue weighted by atomic mass is 35.5. The van der Waals surface area contributed by atoms with Crippen LogP contribution in [0, 0.1) is 0 Å². The lowest BCUT2D eigenvalue weighted by molar-refractivity contribution is -0.146. The third-order valence-electron chi connectivity index (χ3n) is 3.07. The molecule has 6 heteroatoms. The number of rotatable bonds is 4. The number of nitrogens with zero attached hydrogens (tertiary/aromatic N) is 2. The number of hydrogen-bond donors (Lipinski definition) is 0. The minimum atomic E-state index is -0.505. The van der Waals surface area contributed by atoms with Crippen LogP contribution in [0.25, 0.3) is 11.0 Å². The van der Waals surface area contributed by atoms with Crippen LogP contribution in [0.3, 0.4) is 0 Å². The van der Waals surface area contributed by atoms with Crippen LogP contribution in [0.4, 0.5) is 0 Å². The van der Waals surface area contributed by atoms with Crippen LogP contribution >= 0.6 is 23.2 Å². The summed E-state index contributed by atoms with van der Waals surface area (Å²) in [5.74, 6) is 0.292. The molecule has 0 bridgehead atoms. The average molecular weight is 315 g/mol. The quantitative estimate of drug-likeness (QED) is 0.630. The van der Waals surface area contributed by atoms with Gasteiger partial charge in [0, 0.05) is 0 Å². The van der Waals surface area contributed by atoms with Crippen molar-refractivity contribution < 1.29 is 9.53 Å². The summed E-state index contributed by atoms with van der Waals surface area (Å²) in [5, 5.41) is 0.200. The van der Waals surface area contributed by atoms with Gasteiger partial charge in [0.15, 0.2) is 0 Å². The van der Waals surface area contributed by atoms with E-state index < -0.39 is 6.04 Å². The smallest absolute Gasteiger partial charge is 0.328 e. The van der Waals surface area contributed by atoms with Gasteiger partial charge in [-0.3, -0.25) is 0 Å². The highest BCUT2D eigenvalue weighted by Gasteiger charge is 2.25. The van der Waals surface area contributed by atoms with Gasteiger partial charge in [-0.15, -0.1) is 11.6 Å². The van der Waals surface area contributed by atoms with Gasteiger partial charge in [0.25, 0.3) is 0 Å². The Kier molecular flexibility index (Phi) is 4.55. The number of carbonyl (C=O) groups excluding carboxylic acids is 1. The molecule has 1 aromatic carbocycles. The van der Waals surface area contributed by atoms with E-state index in [-0.39, 0.29) is 11.3 Å². The van der Waals surface area contributed by atoms with Crippen LogP contribution in [0.1, 0.15) is 38.0 Å². The van der Waals surface area contributed by atoms with E-state index in [1.165, 1.54) is 0 Å². The van der Waals surface area contributed by atoms with Crippen molar-refractivity contribution in [2.24, 2.45) is 0 Å². The van der Waals surface area contributed by atoms with Crippen LogP contribution in [-0.2, 0) is 9.53 Å². The van der Waals surface area contributed by atoms with Gasteiger partial charge in [-0.25, -0.2) is 9.78 Å². The number of benzene rings is 1. The fraction of sp³-hybridized carbons (Fsp3) is 0.429. The molecule has 2 unspecified atom stereocenters. The zero-order valence-electron chi connectivity index (χ0n) is 11.6. The van der Waals surface area contributed by atoms with Crippen LogP contribution in [0.5, 0.6) is 0 Å². The Morgan fingerprint density at radius 3 is 2.75 bits per heavy atom. The maximum Gasteiger partial charge on any atom is 0.328 e.